The molecule has 1 N–H and O–H groups in total. The quantitative estimate of drug-likeness (QED) is 0.552. The molecule has 1 heterocycles. The highest BCUT2D eigenvalue weighted by Crippen LogP contribution is 2.31. The summed E-state index contributed by atoms with van der Waals surface area (Å²) in [6.45, 7) is 0.615. The maximum Gasteiger partial charge on any atom is 0.341 e. The zero-order valence-electron chi connectivity index (χ0n) is 13.7. The number of hydrogen-bond donors (Lipinski definition) is 1. The molecule has 1 aromatic heterocycles. The monoisotopic (exact) mass is 354 g/mol. The minimum atomic E-state index is -1.19. The van der Waals surface area contributed by atoms with Gasteiger partial charge in [-0.15, -0.1) is 0 Å². The molecule has 2 aromatic carbocycles. The molecule has 7 nitrogen and oxygen atoms in total. The number of carboxylic acid groups (broad SMARTS) is 1. The molecule has 3 aromatic rings. The van der Waals surface area contributed by atoms with Crippen molar-refractivity contribution in [3.63, 3.8) is 0 Å². The highest BCUT2D eigenvalue weighted by Gasteiger charge is 2.20. The van der Waals surface area contributed by atoms with Gasteiger partial charge in [-0.3, -0.25) is 4.79 Å². The Balaban J connectivity index is 2.02. The summed E-state index contributed by atoms with van der Waals surface area (Å²) in [4.78, 5) is 34.4. The summed E-state index contributed by atoms with van der Waals surface area (Å²) in [5, 5.41) is 10.0. The second-order valence-corrected chi connectivity index (χ2v) is 5.40. The van der Waals surface area contributed by atoms with Crippen LogP contribution in [0.25, 0.3) is 22.3 Å². The number of carboxylic acids is 1. The van der Waals surface area contributed by atoms with Crippen molar-refractivity contribution in [2.75, 3.05) is 6.79 Å². The van der Waals surface area contributed by atoms with Gasteiger partial charge in [-0.1, -0.05) is 18.2 Å². The first-order valence-electron chi connectivity index (χ1n) is 7.62. The fourth-order valence-corrected chi connectivity index (χ4v) is 2.42. The fraction of sp³-hybridized carbons (Fsp3) is 0.105. The Morgan fingerprint density at radius 3 is 2.50 bits per heavy atom. The molecule has 26 heavy (non-hydrogen) atoms. The van der Waals surface area contributed by atoms with Gasteiger partial charge in [0.2, 0.25) is 6.79 Å². The Morgan fingerprint density at radius 2 is 1.81 bits per heavy atom. The molecular formula is C19H14O7. The van der Waals surface area contributed by atoms with E-state index in [1.165, 1.54) is 25.1 Å². The summed E-state index contributed by atoms with van der Waals surface area (Å²) in [6.07, 6.45) is 0. The number of hydrogen-bond acceptors (Lipinski definition) is 6. The molecular weight excluding hydrogens is 340 g/mol. The number of esters is 2. The van der Waals surface area contributed by atoms with Crippen LogP contribution in [-0.4, -0.2) is 29.8 Å². The van der Waals surface area contributed by atoms with Crippen molar-refractivity contribution in [3.8, 4) is 11.3 Å². The summed E-state index contributed by atoms with van der Waals surface area (Å²) < 4.78 is 15.2. The summed E-state index contributed by atoms with van der Waals surface area (Å²) in [7, 11) is 0. The second-order valence-electron chi connectivity index (χ2n) is 5.40. The summed E-state index contributed by atoms with van der Waals surface area (Å²) in [5.41, 5.74) is 0.920. The van der Waals surface area contributed by atoms with Gasteiger partial charge >= 0.3 is 17.9 Å². The van der Waals surface area contributed by atoms with Crippen LogP contribution >= 0.6 is 0 Å². The lowest BCUT2D eigenvalue weighted by atomic mass is 10.0. The Labute approximate surface area is 147 Å². The van der Waals surface area contributed by atoms with Gasteiger partial charge < -0.3 is 19.0 Å². The van der Waals surface area contributed by atoms with E-state index >= 15 is 0 Å². The second kappa shape index (κ2) is 7.10. The van der Waals surface area contributed by atoms with Crippen LogP contribution in [0.2, 0.25) is 0 Å². The van der Waals surface area contributed by atoms with Gasteiger partial charge in [0.25, 0.3) is 0 Å². The first-order chi connectivity index (χ1) is 12.5. The predicted octanol–water partition coefficient (Wildman–Crippen LogP) is 3.48. The van der Waals surface area contributed by atoms with Crippen LogP contribution < -0.4 is 0 Å². The number of carbonyl (C=O) groups is 3. The minimum Gasteiger partial charge on any atom is -0.478 e. The smallest absolute Gasteiger partial charge is 0.341 e. The molecule has 0 spiro atoms. The number of furan rings is 1. The Kier molecular flexibility index (Phi) is 4.70. The van der Waals surface area contributed by atoms with E-state index in [0.717, 1.165) is 5.39 Å². The molecule has 7 heteroatoms. The van der Waals surface area contributed by atoms with E-state index in [-0.39, 0.29) is 11.1 Å². The molecule has 0 radical (unpaired) electrons. The average Bonchev–Trinajstić information content (AvgIpc) is 3.04. The standard InChI is InChI=1S/C19H14O7/c1-11(20)24-10-25-19(23)15-8-13(18(21)22)6-7-14(15)17-9-12-4-2-3-5-16(12)26-17/h2-9H,10H2,1H3,(H,21,22). The van der Waals surface area contributed by atoms with Crippen molar-refractivity contribution >= 4 is 28.9 Å². The molecule has 0 bridgehead atoms. The summed E-state index contributed by atoms with van der Waals surface area (Å²) in [5.74, 6) is -2.22. The van der Waals surface area contributed by atoms with Crippen molar-refractivity contribution in [3.05, 3.63) is 59.7 Å². The molecule has 0 fully saturated rings. The van der Waals surface area contributed by atoms with E-state index in [1.54, 1.807) is 12.1 Å². The van der Waals surface area contributed by atoms with E-state index in [9.17, 15) is 19.5 Å². The van der Waals surface area contributed by atoms with Crippen molar-refractivity contribution in [1.82, 2.24) is 0 Å². The zero-order chi connectivity index (χ0) is 18.7. The van der Waals surface area contributed by atoms with E-state index in [1.807, 2.05) is 18.2 Å². The summed E-state index contributed by atoms with van der Waals surface area (Å²) in [6, 6.07) is 13.1. The lowest BCUT2D eigenvalue weighted by molar-refractivity contribution is -0.149. The van der Waals surface area contributed by atoms with Gasteiger partial charge in [0.15, 0.2) is 0 Å². The normalized spacial score (nSPS) is 10.5. The number of para-hydroxylation sites is 1. The fourth-order valence-electron chi connectivity index (χ4n) is 2.42. The number of benzene rings is 2. The van der Waals surface area contributed by atoms with Crippen LogP contribution in [0.15, 0.2) is 52.9 Å². The van der Waals surface area contributed by atoms with E-state index in [4.69, 9.17) is 9.15 Å². The molecule has 0 aliphatic heterocycles. The topological polar surface area (TPSA) is 103 Å². The van der Waals surface area contributed by atoms with Gasteiger partial charge in [-0.25, -0.2) is 9.59 Å². The predicted molar refractivity (Wildman–Crippen MR) is 90.7 cm³/mol. The van der Waals surface area contributed by atoms with Gasteiger partial charge in [0.1, 0.15) is 11.3 Å². The molecule has 0 saturated heterocycles. The Hall–Kier alpha value is -3.61. The van der Waals surface area contributed by atoms with E-state index in [2.05, 4.69) is 4.74 Å². The van der Waals surface area contributed by atoms with Crippen molar-refractivity contribution < 1.29 is 33.4 Å². The lowest BCUT2D eigenvalue weighted by Gasteiger charge is -2.09. The minimum absolute atomic E-state index is 0.00360. The maximum absolute atomic E-state index is 12.4. The molecule has 3 rings (SSSR count). The van der Waals surface area contributed by atoms with E-state index in [0.29, 0.717) is 16.9 Å². The van der Waals surface area contributed by atoms with Crippen LogP contribution in [-0.2, 0) is 14.3 Å². The van der Waals surface area contributed by atoms with Gasteiger partial charge in [-0.05, 0) is 30.3 Å². The number of fused-ring (bicyclic) bond motifs is 1. The first-order valence-corrected chi connectivity index (χ1v) is 7.62. The third-order valence-corrected chi connectivity index (χ3v) is 3.63. The Bertz CT molecular complexity index is 967. The number of carbonyl (C=O) groups excluding carboxylic acids is 2. The van der Waals surface area contributed by atoms with Crippen LogP contribution in [0.4, 0.5) is 0 Å². The third-order valence-electron chi connectivity index (χ3n) is 3.63. The summed E-state index contributed by atoms with van der Waals surface area (Å²) >= 11 is 0. The highest BCUT2D eigenvalue weighted by molar-refractivity contribution is 6.00. The Morgan fingerprint density at radius 1 is 1.04 bits per heavy atom. The molecule has 0 unspecified atom stereocenters. The number of rotatable bonds is 5. The third kappa shape index (κ3) is 3.56. The maximum atomic E-state index is 12.4. The number of ether oxygens (including phenoxy) is 2. The molecule has 0 saturated carbocycles. The van der Waals surface area contributed by atoms with Gasteiger partial charge in [0.05, 0.1) is 11.1 Å². The highest BCUT2D eigenvalue weighted by atomic mass is 16.7. The molecule has 0 amide bonds. The zero-order valence-corrected chi connectivity index (χ0v) is 13.7. The van der Waals surface area contributed by atoms with Crippen LogP contribution in [0.1, 0.15) is 27.6 Å². The number of aromatic carboxylic acids is 1. The SMILES string of the molecule is CC(=O)OCOC(=O)c1cc(C(=O)O)ccc1-c1cc2ccccc2o1. The van der Waals surface area contributed by atoms with Gasteiger partial charge in [-0.2, -0.15) is 0 Å². The average molecular weight is 354 g/mol. The van der Waals surface area contributed by atoms with Crippen molar-refractivity contribution in [1.29, 1.82) is 0 Å². The molecule has 0 aliphatic carbocycles. The molecule has 0 aliphatic rings. The van der Waals surface area contributed by atoms with Gasteiger partial charge in [0, 0.05) is 17.9 Å². The van der Waals surface area contributed by atoms with Crippen LogP contribution in [0.3, 0.4) is 0 Å². The molecule has 0 atom stereocenters. The largest absolute Gasteiger partial charge is 0.478 e. The van der Waals surface area contributed by atoms with E-state index < -0.39 is 24.7 Å². The van der Waals surface area contributed by atoms with Crippen LogP contribution in [0.5, 0.6) is 0 Å². The van der Waals surface area contributed by atoms with Crippen molar-refractivity contribution in [2.24, 2.45) is 0 Å². The van der Waals surface area contributed by atoms with Crippen molar-refractivity contribution in [2.45, 2.75) is 6.92 Å². The first kappa shape index (κ1) is 17.2. The van der Waals surface area contributed by atoms with Crippen LogP contribution in [0, 0.1) is 0 Å². The molecule has 132 valence electrons. The lowest BCUT2D eigenvalue weighted by Crippen LogP contribution is -2.13.